The Hall–Kier alpha value is -0.570. The first-order valence-electron chi connectivity index (χ1n) is 6.08. The van der Waals surface area contributed by atoms with Gasteiger partial charge in [0, 0.05) is 13.1 Å². The Morgan fingerprint density at radius 2 is 2.27 bits per heavy atom. The lowest BCUT2D eigenvalue weighted by Crippen LogP contribution is -2.43. The molecule has 88 valence electrons. The first-order valence-corrected chi connectivity index (χ1v) is 6.08. The molecule has 0 saturated carbocycles. The number of hydrogen-bond donors (Lipinski definition) is 1. The summed E-state index contributed by atoms with van der Waals surface area (Å²) in [6.07, 6.45) is 2.43. The van der Waals surface area contributed by atoms with E-state index in [1.165, 1.54) is 6.42 Å². The van der Waals surface area contributed by atoms with Crippen LogP contribution in [0, 0.1) is 11.8 Å². The smallest absolute Gasteiger partial charge is 0.236 e. The fourth-order valence-corrected chi connectivity index (χ4v) is 2.00. The normalized spacial score (nSPS) is 22.1. The van der Waals surface area contributed by atoms with Crippen molar-refractivity contribution in [1.29, 1.82) is 0 Å². The Morgan fingerprint density at radius 1 is 1.53 bits per heavy atom. The summed E-state index contributed by atoms with van der Waals surface area (Å²) >= 11 is 0. The summed E-state index contributed by atoms with van der Waals surface area (Å²) in [7, 11) is 0. The molecule has 1 atom stereocenters. The number of likely N-dealkylation sites (tertiary alicyclic amines) is 1. The van der Waals surface area contributed by atoms with Gasteiger partial charge in [0.15, 0.2) is 0 Å². The molecule has 1 heterocycles. The van der Waals surface area contributed by atoms with Crippen molar-refractivity contribution in [2.75, 3.05) is 26.2 Å². The van der Waals surface area contributed by atoms with Crippen LogP contribution in [-0.4, -0.2) is 37.0 Å². The number of nitrogens with one attached hydrogen (secondary N) is 1. The zero-order valence-corrected chi connectivity index (χ0v) is 10.3. The second-order valence-corrected chi connectivity index (χ2v) is 5.11. The number of carbonyl (C=O) groups is 1. The quantitative estimate of drug-likeness (QED) is 0.766. The molecule has 0 radical (unpaired) electrons. The highest BCUT2D eigenvalue weighted by molar-refractivity contribution is 5.78. The van der Waals surface area contributed by atoms with Crippen LogP contribution in [0.5, 0.6) is 0 Å². The SMILES string of the molecule is CC(C)CNCC(=O)N1CCCC(C)C1. The minimum Gasteiger partial charge on any atom is -0.341 e. The largest absolute Gasteiger partial charge is 0.341 e. The fraction of sp³-hybridized carbons (Fsp3) is 0.917. The van der Waals surface area contributed by atoms with E-state index in [4.69, 9.17) is 0 Å². The molecule has 1 aliphatic rings. The van der Waals surface area contributed by atoms with Crippen LogP contribution in [0.2, 0.25) is 0 Å². The van der Waals surface area contributed by atoms with E-state index in [9.17, 15) is 4.79 Å². The van der Waals surface area contributed by atoms with Crippen LogP contribution in [0.1, 0.15) is 33.6 Å². The number of piperidine rings is 1. The van der Waals surface area contributed by atoms with Gasteiger partial charge in [0.25, 0.3) is 0 Å². The van der Waals surface area contributed by atoms with Gasteiger partial charge in [-0.3, -0.25) is 4.79 Å². The van der Waals surface area contributed by atoms with Crippen LogP contribution in [0.15, 0.2) is 0 Å². The lowest BCUT2D eigenvalue weighted by molar-refractivity contribution is -0.131. The second kappa shape index (κ2) is 6.11. The minimum atomic E-state index is 0.266. The number of carbonyl (C=O) groups excluding carboxylic acids is 1. The third-order valence-electron chi connectivity index (χ3n) is 2.84. The molecule has 3 nitrogen and oxygen atoms in total. The number of nitrogens with zero attached hydrogens (tertiary/aromatic N) is 1. The maximum absolute atomic E-state index is 11.8. The van der Waals surface area contributed by atoms with E-state index >= 15 is 0 Å². The molecule has 0 bridgehead atoms. The Morgan fingerprint density at radius 3 is 2.87 bits per heavy atom. The van der Waals surface area contributed by atoms with Gasteiger partial charge in [-0.05, 0) is 31.2 Å². The summed E-state index contributed by atoms with van der Waals surface area (Å²) in [5, 5.41) is 3.21. The summed E-state index contributed by atoms with van der Waals surface area (Å²) in [4.78, 5) is 13.8. The zero-order valence-electron chi connectivity index (χ0n) is 10.3. The molecule has 3 heteroatoms. The van der Waals surface area contributed by atoms with Crippen LogP contribution in [0.3, 0.4) is 0 Å². The standard InChI is InChI=1S/C12H24N2O/c1-10(2)7-13-8-12(15)14-6-4-5-11(3)9-14/h10-11,13H,4-9H2,1-3H3. The molecule has 1 unspecified atom stereocenters. The monoisotopic (exact) mass is 212 g/mol. The molecular formula is C12H24N2O. The highest BCUT2D eigenvalue weighted by Crippen LogP contribution is 2.14. The summed E-state index contributed by atoms with van der Waals surface area (Å²) in [5.74, 6) is 1.55. The van der Waals surface area contributed by atoms with Gasteiger partial charge in [-0.25, -0.2) is 0 Å². The van der Waals surface area contributed by atoms with Gasteiger partial charge in [0.1, 0.15) is 0 Å². The van der Waals surface area contributed by atoms with Gasteiger partial charge in [-0.1, -0.05) is 20.8 Å². The third kappa shape index (κ3) is 4.65. The van der Waals surface area contributed by atoms with E-state index in [2.05, 4.69) is 26.1 Å². The average molecular weight is 212 g/mol. The maximum atomic E-state index is 11.8. The lowest BCUT2D eigenvalue weighted by atomic mass is 10.0. The molecule has 0 aromatic heterocycles. The highest BCUT2D eigenvalue weighted by atomic mass is 16.2. The van der Waals surface area contributed by atoms with Crippen molar-refractivity contribution in [3.8, 4) is 0 Å². The summed E-state index contributed by atoms with van der Waals surface area (Å²) in [6, 6.07) is 0. The number of amides is 1. The molecule has 0 spiro atoms. The maximum Gasteiger partial charge on any atom is 0.236 e. The van der Waals surface area contributed by atoms with Crippen molar-refractivity contribution < 1.29 is 4.79 Å². The van der Waals surface area contributed by atoms with Crippen molar-refractivity contribution in [2.45, 2.75) is 33.6 Å². The van der Waals surface area contributed by atoms with Gasteiger partial charge in [0.05, 0.1) is 6.54 Å². The topological polar surface area (TPSA) is 32.3 Å². The van der Waals surface area contributed by atoms with Crippen molar-refractivity contribution in [1.82, 2.24) is 10.2 Å². The molecule has 1 fully saturated rings. The average Bonchev–Trinajstić information content (AvgIpc) is 2.17. The summed E-state index contributed by atoms with van der Waals surface area (Å²) in [6.45, 7) is 9.86. The first-order chi connectivity index (χ1) is 7.09. The van der Waals surface area contributed by atoms with Crippen molar-refractivity contribution in [2.24, 2.45) is 11.8 Å². The molecule has 0 aliphatic carbocycles. The molecule has 1 saturated heterocycles. The van der Waals surface area contributed by atoms with Crippen LogP contribution in [-0.2, 0) is 4.79 Å². The molecule has 1 N–H and O–H groups in total. The van der Waals surface area contributed by atoms with E-state index in [0.717, 1.165) is 26.1 Å². The Labute approximate surface area is 93.2 Å². The predicted octanol–water partition coefficient (Wildman–Crippen LogP) is 1.49. The van der Waals surface area contributed by atoms with Crippen LogP contribution in [0.4, 0.5) is 0 Å². The first kappa shape index (κ1) is 12.5. The fourth-order valence-electron chi connectivity index (χ4n) is 2.00. The van der Waals surface area contributed by atoms with Gasteiger partial charge < -0.3 is 10.2 Å². The zero-order chi connectivity index (χ0) is 11.3. The van der Waals surface area contributed by atoms with Crippen molar-refractivity contribution in [3.05, 3.63) is 0 Å². The van der Waals surface area contributed by atoms with Crippen LogP contribution in [0.25, 0.3) is 0 Å². The molecular weight excluding hydrogens is 188 g/mol. The van der Waals surface area contributed by atoms with Crippen molar-refractivity contribution >= 4 is 5.91 Å². The molecule has 1 amide bonds. The Kier molecular flexibility index (Phi) is 5.09. The van der Waals surface area contributed by atoms with Gasteiger partial charge in [0.2, 0.25) is 5.91 Å². The van der Waals surface area contributed by atoms with E-state index in [1.54, 1.807) is 0 Å². The third-order valence-corrected chi connectivity index (χ3v) is 2.84. The van der Waals surface area contributed by atoms with E-state index in [0.29, 0.717) is 18.4 Å². The van der Waals surface area contributed by atoms with Gasteiger partial charge in [-0.15, -0.1) is 0 Å². The van der Waals surface area contributed by atoms with Crippen molar-refractivity contribution in [3.63, 3.8) is 0 Å². The lowest BCUT2D eigenvalue weighted by Gasteiger charge is -2.31. The summed E-state index contributed by atoms with van der Waals surface area (Å²) < 4.78 is 0. The molecule has 1 aliphatic heterocycles. The predicted molar refractivity (Wildman–Crippen MR) is 62.7 cm³/mol. The Balaban J connectivity index is 2.21. The van der Waals surface area contributed by atoms with Gasteiger partial charge >= 0.3 is 0 Å². The highest BCUT2D eigenvalue weighted by Gasteiger charge is 2.20. The molecule has 15 heavy (non-hydrogen) atoms. The molecule has 1 rings (SSSR count). The molecule has 0 aromatic rings. The summed E-state index contributed by atoms with van der Waals surface area (Å²) in [5.41, 5.74) is 0. The second-order valence-electron chi connectivity index (χ2n) is 5.11. The van der Waals surface area contributed by atoms with Crippen LogP contribution < -0.4 is 5.32 Å². The van der Waals surface area contributed by atoms with Crippen LogP contribution >= 0.6 is 0 Å². The van der Waals surface area contributed by atoms with Gasteiger partial charge in [-0.2, -0.15) is 0 Å². The number of hydrogen-bond acceptors (Lipinski definition) is 2. The molecule has 0 aromatic carbocycles. The van der Waals surface area contributed by atoms with E-state index in [1.807, 2.05) is 4.90 Å². The van der Waals surface area contributed by atoms with E-state index in [-0.39, 0.29) is 5.91 Å². The Bertz CT molecular complexity index is 204. The minimum absolute atomic E-state index is 0.266. The number of rotatable bonds is 4. The van der Waals surface area contributed by atoms with E-state index < -0.39 is 0 Å².